The Balaban J connectivity index is 1.71. The van der Waals surface area contributed by atoms with Crippen LogP contribution in [-0.2, 0) is 22.4 Å². The van der Waals surface area contributed by atoms with Crippen molar-refractivity contribution in [2.45, 2.75) is 78.7 Å². The van der Waals surface area contributed by atoms with E-state index in [0.29, 0.717) is 66.4 Å². The lowest BCUT2D eigenvalue weighted by atomic mass is 9.89. The molecule has 0 radical (unpaired) electrons. The van der Waals surface area contributed by atoms with Crippen LogP contribution in [0.15, 0.2) is 36.4 Å². The van der Waals surface area contributed by atoms with Crippen LogP contribution in [0.4, 0.5) is 0 Å². The zero-order valence-corrected chi connectivity index (χ0v) is 24.1. The summed E-state index contributed by atoms with van der Waals surface area (Å²) in [6, 6.07) is 6.85. The maximum Gasteiger partial charge on any atom is 0.330 e. The van der Waals surface area contributed by atoms with Gasteiger partial charge in [-0.1, -0.05) is 26.7 Å². The third-order valence-corrected chi connectivity index (χ3v) is 6.65. The van der Waals surface area contributed by atoms with E-state index in [1.807, 2.05) is 13.8 Å². The summed E-state index contributed by atoms with van der Waals surface area (Å²) in [6.45, 7) is 9.97. The average Bonchev–Trinajstić information content (AvgIpc) is 2.90. The van der Waals surface area contributed by atoms with Crippen LogP contribution in [0.3, 0.4) is 0 Å². The van der Waals surface area contributed by atoms with Gasteiger partial charge in [-0.05, 0) is 64.0 Å². The Labute approximate surface area is 236 Å². The summed E-state index contributed by atoms with van der Waals surface area (Å²) in [4.78, 5) is 36.7. The first-order chi connectivity index (χ1) is 19.1. The van der Waals surface area contributed by atoms with Crippen molar-refractivity contribution in [1.82, 2.24) is 0 Å². The molecule has 1 aliphatic rings. The number of carbonyl (C=O) groups is 3. The zero-order chi connectivity index (χ0) is 29.3. The third-order valence-electron chi connectivity index (χ3n) is 6.65. The Hall–Kier alpha value is -3.81. The van der Waals surface area contributed by atoms with E-state index in [4.69, 9.17) is 18.9 Å². The number of esters is 1. The summed E-state index contributed by atoms with van der Waals surface area (Å²) in [5, 5.41) is 10.6. The van der Waals surface area contributed by atoms with E-state index in [-0.39, 0.29) is 30.3 Å². The van der Waals surface area contributed by atoms with Gasteiger partial charge in [-0.25, -0.2) is 4.79 Å². The van der Waals surface area contributed by atoms with Crippen LogP contribution in [-0.4, -0.2) is 48.1 Å². The van der Waals surface area contributed by atoms with E-state index < -0.39 is 11.6 Å². The fourth-order valence-electron chi connectivity index (χ4n) is 4.73. The Morgan fingerprint density at radius 1 is 1.00 bits per heavy atom. The van der Waals surface area contributed by atoms with Crippen molar-refractivity contribution in [1.29, 1.82) is 0 Å². The summed E-state index contributed by atoms with van der Waals surface area (Å²) in [6.07, 6.45) is 6.45. The predicted octanol–water partition coefficient (Wildman–Crippen LogP) is 6.19. The van der Waals surface area contributed by atoms with Gasteiger partial charge in [0.15, 0.2) is 11.6 Å². The van der Waals surface area contributed by atoms with Gasteiger partial charge in [0.1, 0.15) is 28.6 Å². The first kappa shape index (κ1) is 30.7. The van der Waals surface area contributed by atoms with E-state index in [1.165, 1.54) is 13.0 Å². The molecule has 1 heterocycles. The molecule has 0 aliphatic carbocycles. The number of ether oxygens (including phenoxy) is 4. The Morgan fingerprint density at radius 3 is 2.25 bits per heavy atom. The zero-order valence-electron chi connectivity index (χ0n) is 24.1. The van der Waals surface area contributed by atoms with E-state index in [2.05, 4.69) is 0 Å². The standard InChI is InChI=1S/C32H40O8/c1-6-10-24-27(14-12-22(21(4)33)30(24)36)38-18-9-19-39-28-15-13-23-26(34)20-32(5,17-16-29(35)37-8-3)40-31(23)25(28)11-7-2/h12-17,36H,6-11,18-20H2,1-5H3/b17-16+/t32-/m0/s1. The average molecular weight is 553 g/mol. The van der Waals surface area contributed by atoms with Gasteiger partial charge in [-0.15, -0.1) is 0 Å². The molecule has 8 heteroatoms. The quantitative estimate of drug-likeness (QED) is 0.128. The Morgan fingerprint density at radius 2 is 1.62 bits per heavy atom. The highest BCUT2D eigenvalue weighted by molar-refractivity contribution is 6.01. The summed E-state index contributed by atoms with van der Waals surface area (Å²) in [5.74, 6) is 0.952. The molecule has 0 spiro atoms. The van der Waals surface area contributed by atoms with E-state index >= 15 is 0 Å². The Kier molecular flexibility index (Phi) is 10.8. The van der Waals surface area contributed by atoms with E-state index in [1.54, 1.807) is 44.2 Å². The van der Waals surface area contributed by atoms with Crippen LogP contribution < -0.4 is 14.2 Å². The van der Waals surface area contributed by atoms with Gasteiger partial charge in [-0.3, -0.25) is 9.59 Å². The molecule has 0 fully saturated rings. The van der Waals surface area contributed by atoms with Crippen LogP contribution in [0.25, 0.3) is 0 Å². The monoisotopic (exact) mass is 552 g/mol. The molecule has 0 amide bonds. The van der Waals surface area contributed by atoms with Crippen LogP contribution in [0.1, 0.15) is 92.1 Å². The SMILES string of the molecule is CCCc1c(OCCCOc2ccc3c(c2CCC)O[C@@](C)(/C=C/C(=O)OCC)CC3=O)ccc(C(C)=O)c1O. The molecule has 1 N–H and O–H groups in total. The minimum atomic E-state index is -0.981. The van der Waals surface area contributed by atoms with Gasteiger partial charge in [0, 0.05) is 23.6 Å². The highest BCUT2D eigenvalue weighted by Gasteiger charge is 2.37. The van der Waals surface area contributed by atoms with Crippen molar-refractivity contribution < 1.29 is 38.4 Å². The number of aromatic hydroxyl groups is 1. The first-order valence-corrected chi connectivity index (χ1v) is 14.0. The second-order valence-electron chi connectivity index (χ2n) is 10.1. The molecule has 8 nitrogen and oxygen atoms in total. The molecule has 0 aromatic heterocycles. The van der Waals surface area contributed by atoms with Crippen molar-refractivity contribution >= 4 is 17.5 Å². The number of ketones is 2. The highest BCUT2D eigenvalue weighted by Crippen LogP contribution is 2.41. The number of benzene rings is 2. The molecule has 2 aromatic carbocycles. The highest BCUT2D eigenvalue weighted by atomic mass is 16.5. The maximum atomic E-state index is 13.0. The molecule has 0 bridgehead atoms. The number of rotatable bonds is 14. The van der Waals surface area contributed by atoms with Crippen LogP contribution in [0.5, 0.6) is 23.0 Å². The molecule has 0 unspecified atom stereocenters. The second kappa shape index (κ2) is 14.0. The summed E-state index contributed by atoms with van der Waals surface area (Å²) >= 11 is 0. The smallest absolute Gasteiger partial charge is 0.330 e. The minimum Gasteiger partial charge on any atom is -0.507 e. The number of fused-ring (bicyclic) bond motifs is 1. The van der Waals surface area contributed by atoms with Crippen LogP contribution in [0.2, 0.25) is 0 Å². The van der Waals surface area contributed by atoms with Gasteiger partial charge >= 0.3 is 5.97 Å². The molecule has 0 saturated carbocycles. The first-order valence-electron chi connectivity index (χ1n) is 14.0. The van der Waals surface area contributed by atoms with E-state index in [0.717, 1.165) is 18.4 Å². The molecule has 2 aromatic rings. The molecule has 3 rings (SSSR count). The Bertz CT molecular complexity index is 1260. The summed E-state index contributed by atoms with van der Waals surface area (Å²) in [5.41, 5.74) is 1.28. The van der Waals surface area contributed by atoms with Gasteiger partial charge in [0.05, 0.1) is 37.4 Å². The van der Waals surface area contributed by atoms with Crippen LogP contribution in [0, 0.1) is 0 Å². The maximum absolute atomic E-state index is 13.0. The van der Waals surface area contributed by atoms with Gasteiger partial charge in [0.25, 0.3) is 0 Å². The van der Waals surface area contributed by atoms with Crippen molar-refractivity contribution in [3.05, 3.63) is 58.7 Å². The number of carbonyl (C=O) groups excluding carboxylic acids is 3. The topological polar surface area (TPSA) is 108 Å². The van der Waals surface area contributed by atoms with Crippen molar-refractivity contribution in [3.63, 3.8) is 0 Å². The van der Waals surface area contributed by atoms with Crippen molar-refractivity contribution in [2.24, 2.45) is 0 Å². The normalized spacial score (nSPS) is 16.4. The molecular formula is C32H40O8. The number of Topliss-reactive ketones (excluding diaryl/α,β-unsaturated/α-hetero) is 2. The molecule has 1 aliphatic heterocycles. The fraction of sp³-hybridized carbons (Fsp3) is 0.469. The van der Waals surface area contributed by atoms with Crippen LogP contribution >= 0.6 is 0 Å². The fourth-order valence-corrected chi connectivity index (χ4v) is 4.73. The van der Waals surface area contributed by atoms with E-state index in [9.17, 15) is 19.5 Å². The summed E-state index contributed by atoms with van der Waals surface area (Å²) < 4.78 is 23.4. The molecule has 40 heavy (non-hydrogen) atoms. The van der Waals surface area contributed by atoms with Gasteiger partial charge in [-0.2, -0.15) is 0 Å². The lowest BCUT2D eigenvalue weighted by Crippen LogP contribution is -2.38. The molecule has 0 saturated heterocycles. The number of phenolic OH excluding ortho intramolecular Hbond substituents is 1. The van der Waals surface area contributed by atoms with Crippen molar-refractivity contribution in [2.75, 3.05) is 19.8 Å². The van der Waals surface area contributed by atoms with Gasteiger partial charge in [0.2, 0.25) is 0 Å². The van der Waals surface area contributed by atoms with Crippen molar-refractivity contribution in [3.8, 4) is 23.0 Å². The molecular weight excluding hydrogens is 512 g/mol. The minimum absolute atomic E-state index is 0.0139. The predicted molar refractivity (Wildman–Crippen MR) is 152 cm³/mol. The lowest BCUT2D eigenvalue weighted by Gasteiger charge is -2.34. The molecule has 216 valence electrons. The molecule has 1 atom stereocenters. The largest absolute Gasteiger partial charge is 0.507 e. The summed E-state index contributed by atoms with van der Waals surface area (Å²) in [7, 11) is 0. The lowest BCUT2D eigenvalue weighted by molar-refractivity contribution is -0.137. The number of phenols is 1. The van der Waals surface area contributed by atoms with Gasteiger partial charge < -0.3 is 24.1 Å². The number of hydrogen-bond donors (Lipinski definition) is 1. The third kappa shape index (κ3) is 7.43. The number of hydrogen-bond acceptors (Lipinski definition) is 8. The second-order valence-corrected chi connectivity index (χ2v) is 10.1.